The van der Waals surface area contributed by atoms with Crippen molar-refractivity contribution in [2.24, 2.45) is 0 Å². The molecule has 1 radical (unpaired) electrons. The van der Waals surface area contributed by atoms with Crippen molar-refractivity contribution in [1.29, 1.82) is 0 Å². The van der Waals surface area contributed by atoms with Gasteiger partial charge in [0.25, 0.3) is 0 Å². The molecule has 0 aliphatic rings. The fraction of sp³-hybridized carbons (Fsp3) is 0.0667. The first-order valence-electron chi connectivity index (χ1n) is 5.98. The fourth-order valence-corrected chi connectivity index (χ4v) is 3.20. The Labute approximate surface area is 173 Å². The molecule has 0 unspecified atom stereocenters. The maximum absolute atomic E-state index is 10.8. The van der Waals surface area contributed by atoms with E-state index < -0.39 is 5.97 Å². The van der Waals surface area contributed by atoms with Crippen molar-refractivity contribution in [3.8, 4) is 0 Å². The normalized spacial score (nSPS) is 10.5. The van der Waals surface area contributed by atoms with Crippen LogP contribution in [0.15, 0.2) is 47.4 Å². The summed E-state index contributed by atoms with van der Waals surface area (Å²) in [7, 11) is 0. The van der Waals surface area contributed by atoms with Gasteiger partial charge in [-0.1, -0.05) is 29.8 Å². The molecular formula is C15H10ClKNO2S. The van der Waals surface area contributed by atoms with Crippen LogP contribution in [0.25, 0.3) is 21.8 Å². The van der Waals surface area contributed by atoms with Gasteiger partial charge in [0.15, 0.2) is 0 Å². The second-order valence-corrected chi connectivity index (χ2v) is 5.72. The molecule has 0 saturated carbocycles. The number of nitrogens with zero attached hydrogens (tertiary/aromatic N) is 1. The number of carboxylic acid groups (broad SMARTS) is 1. The Morgan fingerprint density at radius 3 is 2.62 bits per heavy atom. The average Bonchev–Trinajstić information content (AvgIpc) is 2.43. The molecule has 0 aliphatic heterocycles. The summed E-state index contributed by atoms with van der Waals surface area (Å²) < 4.78 is 0. The SMILES string of the molecule is O=C(O)CSc1c2ccccc2nc2ccc(Cl)cc12.[K]. The molecule has 3 aromatic rings. The number of fused-ring (bicyclic) bond motifs is 2. The molecule has 3 rings (SSSR count). The number of aliphatic carboxylic acids is 1. The van der Waals surface area contributed by atoms with E-state index in [-0.39, 0.29) is 57.1 Å². The van der Waals surface area contributed by atoms with Crippen LogP contribution in [0.1, 0.15) is 0 Å². The van der Waals surface area contributed by atoms with Crippen LogP contribution in [0.3, 0.4) is 0 Å². The third kappa shape index (κ3) is 3.79. The Kier molecular flexibility index (Phi) is 6.08. The largest absolute Gasteiger partial charge is 0.481 e. The van der Waals surface area contributed by atoms with Crippen molar-refractivity contribution < 1.29 is 9.90 Å². The number of hydrogen-bond acceptors (Lipinski definition) is 3. The molecule has 0 saturated heterocycles. The number of halogens is 1. The second kappa shape index (κ2) is 7.42. The van der Waals surface area contributed by atoms with Crippen molar-refractivity contribution in [2.45, 2.75) is 4.90 Å². The summed E-state index contributed by atoms with van der Waals surface area (Å²) >= 11 is 7.35. The van der Waals surface area contributed by atoms with Gasteiger partial charge in [-0.05, 0) is 24.3 Å². The van der Waals surface area contributed by atoms with Gasteiger partial charge in [-0.2, -0.15) is 0 Å². The Balaban J connectivity index is 0.00000161. The number of para-hydroxylation sites is 1. The van der Waals surface area contributed by atoms with E-state index in [4.69, 9.17) is 16.7 Å². The maximum Gasteiger partial charge on any atom is 0.313 e. The van der Waals surface area contributed by atoms with Gasteiger partial charge in [-0.3, -0.25) is 4.79 Å². The molecule has 0 amide bonds. The number of pyridine rings is 1. The monoisotopic (exact) mass is 342 g/mol. The van der Waals surface area contributed by atoms with Gasteiger partial charge < -0.3 is 5.11 Å². The zero-order valence-corrected chi connectivity index (χ0v) is 16.0. The average molecular weight is 343 g/mol. The molecule has 1 heterocycles. The van der Waals surface area contributed by atoms with Crippen LogP contribution in [0.5, 0.6) is 0 Å². The van der Waals surface area contributed by atoms with Crippen molar-refractivity contribution in [3.05, 3.63) is 47.5 Å². The van der Waals surface area contributed by atoms with Crippen LogP contribution in [0, 0.1) is 0 Å². The predicted octanol–water partition coefficient (Wildman–Crippen LogP) is 3.84. The molecule has 0 spiro atoms. The number of thioether (sulfide) groups is 1. The molecular weight excluding hydrogens is 333 g/mol. The smallest absolute Gasteiger partial charge is 0.313 e. The van der Waals surface area contributed by atoms with Gasteiger partial charge in [0.1, 0.15) is 0 Å². The minimum absolute atomic E-state index is 0. The molecule has 6 heteroatoms. The van der Waals surface area contributed by atoms with Gasteiger partial charge in [-0.15, -0.1) is 11.8 Å². The summed E-state index contributed by atoms with van der Waals surface area (Å²) in [5.74, 6) is -0.832. The Bertz CT molecular complexity index is 825. The molecule has 21 heavy (non-hydrogen) atoms. The summed E-state index contributed by atoms with van der Waals surface area (Å²) in [6, 6.07) is 13.2. The number of aromatic nitrogens is 1. The molecule has 101 valence electrons. The van der Waals surface area contributed by atoms with Gasteiger partial charge in [-0.25, -0.2) is 4.98 Å². The van der Waals surface area contributed by atoms with E-state index in [1.807, 2.05) is 36.4 Å². The number of benzene rings is 2. The molecule has 0 atom stereocenters. The first-order valence-corrected chi connectivity index (χ1v) is 7.34. The van der Waals surface area contributed by atoms with E-state index in [1.54, 1.807) is 6.07 Å². The van der Waals surface area contributed by atoms with Gasteiger partial charge >= 0.3 is 5.97 Å². The Morgan fingerprint density at radius 1 is 1.14 bits per heavy atom. The third-order valence-electron chi connectivity index (χ3n) is 2.93. The first kappa shape index (κ1) is 17.2. The maximum atomic E-state index is 10.8. The molecule has 2 aromatic carbocycles. The van der Waals surface area contributed by atoms with Gasteiger partial charge in [0, 0.05) is 72.1 Å². The predicted molar refractivity (Wildman–Crippen MR) is 88.4 cm³/mol. The van der Waals surface area contributed by atoms with Crippen LogP contribution in [0.4, 0.5) is 0 Å². The molecule has 1 N–H and O–H groups in total. The van der Waals surface area contributed by atoms with Crippen molar-refractivity contribution in [3.63, 3.8) is 0 Å². The summed E-state index contributed by atoms with van der Waals surface area (Å²) in [4.78, 5) is 16.3. The van der Waals surface area contributed by atoms with E-state index in [9.17, 15) is 4.79 Å². The van der Waals surface area contributed by atoms with Crippen molar-refractivity contribution >= 4 is 103 Å². The number of hydrogen-bond donors (Lipinski definition) is 1. The van der Waals surface area contributed by atoms with Crippen LogP contribution in [-0.4, -0.2) is 73.2 Å². The first-order chi connectivity index (χ1) is 9.65. The van der Waals surface area contributed by atoms with Gasteiger partial charge in [0.05, 0.1) is 16.8 Å². The summed E-state index contributed by atoms with van der Waals surface area (Å²) in [5.41, 5.74) is 1.68. The number of carboxylic acids is 1. The van der Waals surface area contributed by atoms with Crippen LogP contribution in [-0.2, 0) is 4.79 Å². The second-order valence-electron chi connectivity index (χ2n) is 4.30. The summed E-state index contributed by atoms with van der Waals surface area (Å²) in [5, 5.41) is 11.4. The Hall–Kier alpha value is -0.144. The number of carbonyl (C=O) groups is 1. The molecule has 0 fully saturated rings. The van der Waals surface area contributed by atoms with Crippen molar-refractivity contribution in [1.82, 2.24) is 4.98 Å². The minimum Gasteiger partial charge on any atom is -0.481 e. The van der Waals surface area contributed by atoms with Gasteiger partial charge in [0.2, 0.25) is 0 Å². The molecule has 0 aliphatic carbocycles. The van der Waals surface area contributed by atoms with Crippen LogP contribution in [0.2, 0.25) is 5.02 Å². The molecule has 1 aromatic heterocycles. The van der Waals surface area contributed by atoms with Crippen LogP contribution >= 0.6 is 23.4 Å². The fourth-order valence-electron chi connectivity index (χ4n) is 2.12. The number of rotatable bonds is 3. The quantitative estimate of drug-likeness (QED) is 0.446. The van der Waals surface area contributed by atoms with Crippen molar-refractivity contribution in [2.75, 3.05) is 5.75 Å². The summed E-state index contributed by atoms with van der Waals surface area (Å²) in [6.07, 6.45) is 0. The zero-order valence-electron chi connectivity index (χ0n) is 11.3. The van der Waals surface area contributed by atoms with E-state index in [0.717, 1.165) is 26.7 Å². The standard InChI is InChI=1S/C15H10ClNO2S.K/c16-9-5-6-13-11(7-9)15(20-8-14(18)19)10-3-1-2-4-12(10)17-13;/h1-7H,8H2,(H,18,19);. The topological polar surface area (TPSA) is 50.2 Å². The minimum atomic E-state index is -0.842. The summed E-state index contributed by atoms with van der Waals surface area (Å²) in [6.45, 7) is 0. The third-order valence-corrected chi connectivity index (χ3v) is 4.29. The van der Waals surface area contributed by atoms with E-state index in [2.05, 4.69) is 4.98 Å². The molecule has 3 nitrogen and oxygen atoms in total. The van der Waals surface area contributed by atoms with E-state index in [1.165, 1.54) is 11.8 Å². The Morgan fingerprint density at radius 2 is 1.86 bits per heavy atom. The van der Waals surface area contributed by atoms with Crippen LogP contribution < -0.4 is 0 Å². The zero-order chi connectivity index (χ0) is 14.1. The molecule has 0 bridgehead atoms. The van der Waals surface area contributed by atoms with E-state index >= 15 is 0 Å². The van der Waals surface area contributed by atoms with E-state index in [0.29, 0.717) is 5.02 Å².